The van der Waals surface area contributed by atoms with E-state index in [1.165, 1.54) is 0 Å². The van der Waals surface area contributed by atoms with E-state index in [0.29, 0.717) is 38.6 Å². The summed E-state index contributed by atoms with van der Waals surface area (Å²) in [4.78, 5) is 14.8. The second-order valence-electron chi connectivity index (χ2n) is 6.05. The molecule has 0 fully saturated rings. The van der Waals surface area contributed by atoms with Gasteiger partial charge in [-0.25, -0.2) is 0 Å². The van der Waals surface area contributed by atoms with Crippen LogP contribution in [0.15, 0.2) is 34.8 Å². The molecule has 0 aliphatic heterocycles. The molecule has 2 aromatic carbocycles. The van der Waals surface area contributed by atoms with Crippen molar-refractivity contribution in [2.24, 2.45) is 0 Å². The molecule has 6 nitrogen and oxygen atoms in total. The summed E-state index contributed by atoms with van der Waals surface area (Å²) < 4.78 is 21.8. The highest BCUT2D eigenvalue weighted by Gasteiger charge is 2.17. The second-order valence-corrected chi connectivity index (χ2v) is 6.91. The standard InChI is InChI=1S/C21H24BrNO5/c1-23(2)17-11-13(7-8-18(17)26-4)20(24)16(22)10-14-9-15(25-3)12-19(27-5)21(14)28-6/h7-12H,1-6H3/b16-10+. The minimum atomic E-state index is -0.172. The molecule has 0 aromatic heterocycles. The summed E-state index contributed by atoms with van der Waals surface area (Å²) >= 11 is 3.40. The van der Waals surface area contributed by atoms with Crippen molar-refractivity contribution in [2.45, 2.75) is 0 Å². The molecular formula is C21H24BrNO5. The fourth-order valence-electron chi connectivity index (χ4n) is 2.71. The summed E-state index contributed by atoms with van der Waals surface area (Å²) in [5.41, 5.74) is 2.00. The van der Waals surface area contributed by atoms with Gasteiger partial charge in [0.2, 0.25) is 0 Å². The number of methoxy groups -OCH3 is 4. The molecule has 0 amide bonds. The predicted octanol–water partition coefficient (Wildman–Crippen LogP) is 4.41. The van der Waals surface area contributed by atoms with E-state index in [9.17, 15) is 4.79 Å². The molecule has 2 aromatic rings. The zero-order valence-corrected chi connectivity index (χ0v) is 18.4. The molecule has 0 unspecified atom stereocenters. The van der Waals surface area contributed by atoms with Crippen LogP contribution >= 0.6 is 15.9 Å². The van der Waals surface area contributed by atoms with Crippen LogP contribution in [0, 0.1) is 0 Å². The first kappa shape index (κ1) is 21.6. The average molecular weight is 450 g/mol. The lowest BCUT2D eigenvalue weighted by Crippen LogP contribution is -2.11. The maximum atomic E-state index is 13.0. The molecule has 0 saturated carbocycles. The second kappa shape index (κ2) is 9.50. The molecule has 2 rings (SSSR count). The van der Waals surface area contributed by atoms with E-state index in [0.717, 1.165) is 5.69 Å². The van der Waals surface area contributed by atoms with Crippen LogP contribution in [0.3, 0.4) is 0 Å². The number of hydrogen-bond acceptors (Lipinski definition) is 6. The number of ketones is 1. The Hall–Kier alpha value is -2.67. The Bertz CT molecular complexity index is 893. The van der Waals surface area contributed by atoms with Gasteiger partial charge in [0.05, 0.1) is 38.6 Å². The summed E-state index contributed by atoms with van der Waals surface area (Å²) in [5.74, 6) is 2.14. The number of allylic oxidation sites excluding steroid dienone is 1. The normalized spacial score (nSPS) is 11.0. The Morgan fingerprint density at radius 1 is 0.929 bits per heavy atom. The van der Waals surface area contributed by atoms with Crippen molar-refractivity contribution in [1.82, 2.24) is 0 Å². The summed E-state index contributed by atoms with van der Waals surface area (Å²) in [6, 6.07) is 8.79. The van der Waals surface area contributed by atoms with Gasteiger partial charge in [0.1, 0.15) is 11.5 Å². The van der Waals surface area contributed by atoms with E-state index in [1.54, 1.807) is 64.8 Å². The third-order valence-corrected chi connectivity index (χ3v) is 4.73. The van der Waals surface area contributed by atoms with Crippen LogP contribution in [0.2, 0.25) is 0 Å². The topological polar surface area (TPSA) is 57.2 Å². The quantitative estimate of drug-likeness (QED) is 0.439. The van der Waals surface area contributed by atoms with Gasteiger partial charge in [-0.3, -0.25) is 4.79 Å². The van der Waals surface area contributed by atoms with Crippen molar-refractivity contribution in [3.63, 3.8) is 0 Å². The van der Waals surface area contributed by atoms with Crippen LogP contribution in [0.1, 0.15) is 15.9 Å². The van der Waals surface area contributed by atoms with Gasteiger partial charge in [-0.1, -0.05) is 0 Å². The molecule has 0 heterocycles. The Morgan fingerprint density at radius 2 is 1.61 bits per heavy atom. The van der Waals surface area contributed by atoms with E-state index in [4.69, 9.17) is 18.9 Å². The third-order valence-electron chi connectivity index (χ3n) is 4.14. The van der Waals surface area contributed by atoms with Gasteiger partial charge in [0, 0.05) is 31.3 Å². The predicted molar refractivity (Wildman–Crippen MR) is 115 cm³/mol. The molecule has 0 bridgehead atoms. The molecule has 150 valence electrons. The Morgan fingerprint density at radius 3 is 2.14 bits per heavy atom. The Balaban J connectivity index is 2.48. The highest BCUT2D eigenvalue weighted by Crippen LogP contribution is 2.38. The van der Waals surface area contributed by atoms with Crippen molar-refractivity contribution in [2.75, 3.05) is 47.4 Å². The van der Waals surface area contributed by atoms with Crippen molar-refractivity contribution >= 4 is 33.5 Å². The molecule has 0 aliphatic carbocycles. The fourth-order valence-corrected chi connectivity index (χ4v) is 3.19. The van der Waals surface area contributed by atoms with Crippen LogP contribution in [0.4, 0.5) is 5.69 Å². The van der Waals surface area contributed by atoms with Crippen molar-refractivity contribution in [3.05, 3.63) is 45.9 Å². The van der Waals surface area contributed by atoms with Crippen LogP contribution in [0.5, 0.6) is 23.0 Å². The van der Waals surface area contributed by atoms with E-state index >= 15 is 0 Å². The summed E-state index contributed by atoms with van der Waals surface area (Å²) in [7, 11) is 10.0. The number of halogens is 1. The van der Waals surface area contributed by atoms with Crippen molar-refractivity contribution in [3.8, 4) is 23.0 Å². The molecule has 0 saturated heterocycles. The molecule has 28 heavy (non-hydrogen) atoms. The number of benzene rings is 2. The number of carbonyl (C=O) groups excluding carboxylic acids is 1. The number of carbonyl (C=O) groups is 1. The average Bonchev–Trinajstić information content (AvgIpc) is 2.71. The van der Waals surface area contributed by atoms with Gasteiger partial charge in [-0.15, -0.1) is 0 Å². The van der Waals surface area contributed by atoms with E-state index in [1.807, 2.05) is 19.0 Å². The minimum Gasteiger partial charge on any atom is -0.497 e. The molecule has 0 aliphatic rings. The van der Waals surface area contributed by atoms with Crippen LogP contribution in [-0.2, 0) is 0 Å². The van der Waals surface area contributed by atoms with Gasteiger partial charge >= 0.3 is 0 Å². The summed E-state index contributed by atoms with van der Waals surface area (Å²) in [5, 5.41) is 0. The zero-order chi connectivity index (χ0) is 20.8. The maximum Gasteiger partial charge on any atom is 0.200 e. The molecular weight excluding hydrogens is 426 g/mol. The van der Waals surface area contributed by atoms with E-state index < -0.39 is 0 Å². The number of Topliss-reactive ketones (excluding diaryl/α,β-unsaturated/α-hetero) is 1. The Kier molecular flexibility index (Phi) is 7.34. The largest absolute Gasteiger partial charge is 0.497 e. The summed E-state index contributed by atoms with van der Waals surface area (Å²) in [6.07, 6.45) is 1.69. The highest BCUT2D eigenvalue weighted by atomic mass is 79.9. The first-order valence-electron chi connectivity index (χ1n) is 8.43. The zero-order valence-electron chi connectivity index (χ0n) is 16.8. The number of hydrogen-bond donors (Lipinski definition) is 0. The van der Waals surface area contributed by atoms with Crippen molar-refractivity contribution < 1.29 is 23.7 Å². The lowest BCUT2D eigenvalue weighted by molar-refractivity contribution is 0.104. The molecule has 0 N–H and O–H groups in total. The number of rotatable bonds is 8. The van der Waals surface area contributed by atoms with Gasteiger partial charge in [-0.2, -0.15) is 0 Å². The number of ether oxygens (including phenoxy) is 4. The summed E-state index contributed by atoms with van der Waals surface area (Å²) in [6.45, 7) is 0. The molecule has 0 spiro atoms. The van der Waals surface area contributed by atoms with Gasteiger partial charge in [-0.05, 0) is 46.3 Å². The SMILES string of the molecule is COc1cc(/C=C(/Br)C(=O)c2ccc(OC)c(N(C)C)c2)c(OC)c(OC)c1. The smallest absolute Gasteiger partial charge is 0.200 e. The fraction of sp³-hybridized carbons (Fsp3) is 0.286. The van der Waals surface area contributed by atoms with Gasteiger partial charge in [0.15, 0.2) is 17.3 Å². The lowest BCUT2D eigenvalue weighted by Gasteiger charge is -2.17. The Labute approximate surface area is 173 Å². The third kappa shape index (κ3) is 4.59. The van der Waals surface area contributed by atoms with Gasteiger partial charge in [0.25, 0.3) is 0 Å². The van der Waals surface area contributed by atoms with E-state index in [-0.39, 0.29) is 5.78 Å². The number of anilines is 1. The monoisotopic (exact) mass is 449 g/mol. The highest BCUT2D eigenvalue weighted by molar-refractivity contribution is 9.12. The minimum absolute atomic E-state index is 0.172. The number of nitrogens with zero attached hydrogens (tertiary/aromatic N) is 1. The van der Waals surface area contributed by atoms with Crippen LogP contribution in [-0.4, -0.2) is 48.3 Å². The van der Waals surface area contributed by atoms with Crippen molar-refractivity contribution in [1.29, 1.82) is 0 Å². The van der Waals surface area contributed by atoms with Crippen LogP contribution in [0.25, 0.3) is 6.08 Å². The van der Waals surface area contributed by atoms with Gasteiger partial charge < -0.3 is 23.8 Å². The lowest BCUT2D eigenvalue weighted by atomic mass is 10.1. The first-order chi connectivity index (χ1) is 13.4. The maximum absolute atomic E-state index is 13.0. The first-order valence-corrected chi connectivity index (χ1v) is 9.22. The van der Waals surface area contributed by atoms with Crippen LogP contribution < -0.4 is 23.8 Å². The molecule has 0 atom stereocenters. The molecule has 7 heteroatoms. The molecule has 0 radical (unpaired) electrons. The van der Waals surface area contributed by atoms with E-state index in [2.05, 4.69) is 15.9 Å².